The third-order valence-electron chi connectivity index (χ3n) is 6.06. The molecule has 1 heterocycles. The first-order valence-corrected chi connectivity index (χ1v) is 12.8. The predicted octanol–water partition coefficient (Wildman–Crippen LogP) is 0.802. The number of ether oxygens (including phenoxy) is 4. The fraction of sp³-hybridized carbons (Fsp3) is 0.692. The SMILES string of the molecule is CC(COCCCN)(COCCCN)C(=O)N1C[C@H](OCCCN)C[C@H]1C(=O)OCc1ccccc1. The summed E-state index contributed by atoms with van der Waals surface area (Å²) in [5.41, 5.74) is 16.6. The molecule has 1 amide bonds. The summed E-state index contributed by atoms with van der Waals surface area (Å²) in [7, 11) is 0. The minimum absolute atomic E-state index is 0.137. The zero-order valence-electron chi connectivity index (χ0n) is 21.6. The van der Waals surface area contributed by atoms with Crippen LogP contribution in [0.25, 0.3) is 0 Å². The number of hydrogen-bond acceptors (Lipinski definition) is 9. The zero-order valence-corrected chi connectivity index (χ0v) is 21.6. The van der Waals surface area contributed by atoms with Gasteiger partial charge in [-0.3, -0.25) is 4.79 Å². The molecule has 0 unspecified atom stereocenters. The fourth-order valence-electron chi connectivity index (χ4n) is 4.00. The average Bonchev–Trinajstić information content (AvgIpc) is 3.32. The number of nitrogens with two attached hydrogens (primary N) is 3. The first-order chi connectivity index (χ1) is 17.4. The van der Waals surface area contributed by atoms with E-state index in [1.165, 1.54) is 0 Å². The summed E-state index contributed by atoms with van der Waals surface area (Å²) in [6, 6.07) is 8.69. The Kier molecular flexibility index (Phi) is 13.9. The van der Waals surface area contributed by atoms with Crippen LogP contribution in [0.2, 0.25) is 0 Å². The van der Waals surface area contributed by atoms with Crippen molar-refractivity contribution in [3.8, 4) is 0 Å². The molecule has 1 aromatic rings. The van der Waals surface area contributed by atoms with E-state index in [0.29, 0.717) is 65.1 Å². The number of hydrogen-bond donors (Lipinski definition) is 3. The highest BCUT2D eigenvalue weighted by Gasteiger charge is 2.47. The molecule has 6 N–H and O–H groups in total. The summed E-state index contributed by atoms with van der Waals surface area (Å²) in [6.07, 6.45) is 2.16. The van der Waals surface area contributed by atoms with Gasteiger partial charge in [0, 0.05) is 32.8 Å². The van der Waals surface area contributed by atoms with Crippen molar-refractivity contribution >= 4 is 11.9 Å². The van der Waals surface area contributed by atoms with Gasteiger partial charge in [0.05, 0.1) is 24.7 Å². The lowest BCUT2D eigenvalue weighted by atomic mass is 9.90. The topological polar surface area (TPSA) is 152 Å². The second kappa shape index (κ2) is 16.6. The van der Waals surface area contributed by atoms with Crippen LogP contribution in [0, 0.1) is 5.41 Å². The van der Waals surface area contributed by atoms with E-state index in [2.05, 4.69) is 0 Å². The Balaban J connectivity index is 2.15. The lowest BCUT2D eigenvalue weighted by Crippen LogP contribution is -2.51. The molecule has 204 valence electrons. The second-order valence-corrected chi connectivity index (χ2v) is 9.39. The standard InChI is InChI=1S/C26H44N4O6/c1-26(19-33-13-5-10-27,20-34-14-6-11-28)25(32)30-17-22(35-15-7-12-29)16-23(30)24(31)36-18-21-8-3-2-4-9-21/h2-4,8-9,22-23H,5-7,10-20,27-29H2,1H3/t22-,23+/m1/s1. The molecule has 10 heteroatoms. The van der Waals surface area contributed by atoms with Gasteiger partial charge in [-0.25, -0.2) is 4.79 Å². The Bertz CT molecular complexity index is 754. The van der Waals surface area contributed by atoms with Gasteiger partial charge in [-0.05, 0) is 51.4 Å². The van der Waals surface area contributed by atoms with Gasteiger partial charge in [0.1, 0.15) is 12.6 Å². The minimum atomic E-state index is -0.993. The van der Waals surface area contributed by atoms with Crippen molar-refractivity contribution in [2.75, 3.05) is 59.2 Å². The lowest BCUT2D eigenvalue weighted by molar-refractivity contribution is -0.161. The second-order valence-electron chi connectivity index (χ2n) is 9.39. The van der Waals surface area contributed by atoms with Crippen molar-refractivity contribution in [2.45, 2.75) is 51.4 Å². The highest BCUT2D eigenvalue weighted by atomic mass is 16.5. The van der Waals surface area contributed by atoms with E-state index in [0.717, 1.165) is 5.56 Å². The third kappa shape index (κ3) is 9.76. The quantitative estimate of drug-likeness (QED) is 0.193. The Morgan fingerprint density at radius 3 is 2.11 bits per heavy atom. The molecule has 1 fully saturated rings. The van der Waals surface area contributed by atoms with Gasteiger partial charge in [0.15, 0.2) is 0 Å². The molecule has 10 nitrogen and oxygen atoms in total. The smallest absolute Gasteiger partial charge is 0.329 e. The van der Waals surface area contributed by atoms with Gasteiger partial charge < -0.3 is 41.0 Å². The number of nitrogens with zero attached hydrogens (tertiary/aromatic N) is 1. The van der Waals surface area contributed by atoms with E-state index in [4.69, 9.17) is 36.1 Å². The average molecular weight is 509 g/mol. The van der Waals surface area contributed by atoms with Crippen LogP contribution in [-0.4, -0.2) is 88.1 Å². The highest BCUT2D eigenvalue weighted by Crippen LogP contribution is 2.30. The molecule has 1 aliphatic rings. The minimum Gasteiger partial charge on any atom is -0.459 e. The molecule has 0 radical (unpaired) electrons. The molecule has 0 aliphatic carbocycles. The van der Waals surface area contributed by atoms with Gasteiger partial charge >= 0.3 is 5.97 Å². The van der Waals surface area contributed by atoms with E-state index >= 15 is 0 Å². The van der Waals surface area contributed by atoms with Crippen molar-refractivity contribution in [2.24, 2.45) is 22.6 Å². The number of esters is 1. The molecule has 2 rings (SSSR count). The first kappa shape index (κ1) is 30.1. The summed E-state index contributed by atoms with van der Waals surface area (Å²) >= 11 is 0. The predicted molar refractivity (Wildman–Crippen MR) is 137 cm³/mol. The number of benzene rings is 1. The van der Waals surface area contributed by atoms with Gasteiger partial charge in [0.2, 0.25) is 5.91 Å². The van der Waals surface area contributed by atoms with Crippen molar-refractivity contribution in [1.29, 1.82) is 0 Å². The van der Waals surface area contributed by atoms with Gasteiger partial charge in [-0.15, -0.1) is 0 Å². The van der Waals surface area contributed by atoms with Gasteiger partial charge in [-0.2, -0.15) is 0 Å². The van der Waals surface area contributed by atoms with Crippen molar-refractivity contribution in [1.82, 2.24) is 4.90 Å². The van der Waals surface area contributed by atoms with Crippen LogP contribution < -0.4 is 17.2 Å². The Hall–Kier alpha value is -2.08. The summed E-state index contributed by atoms with van der Waals surface area (Å²) < 4.78 is 23.1. The molecule has 36 heavy (non-hydrogen) atoms. The molecule has 1 aliphatic heterocycles. The van der Waals surface area contributed by atoms with Crippen LogP contribution in [0.3, 0.4) is 0 Å². The summed E-state index contributed by atoms with van der Waals surface area (Å²) in [6.45, 7) is 5.38. The molecule has 2 atom stereocenters. The number of amides is 1. The van der Waals surface area contributed by atoms with E-state index in [-0.39, 0.29) is 38.4 Å². The molecular formula is C26H44N4O6. The van der Waals surface area contributed by atoms with Crippen LogP contribution in [-0.2, 0) is 35.1 Å². The Labute approximate surface area is 214 Å². The van der Waals surface area contributed by atoms with Crippen LogP contribution >= 0.6 is 0 Å². The van der Waals surface area contributed by atoms with E-state index in [1.807, 2.05) is 30.3 Å². The Morgan fingerprint density at radius 1 is 0.944 bits per heavy atom. The van der Waals surface area contributed by atoms with E-state index in [1.54, 1.807) is 11.8 Å². The maximum atomic E-state index is 13.9. The number of rotatable bonds is 18. The van der Waals surface area contributed by atoms with Crippen molar-refractivity contribution in [3.05, 3.63) is 35.9 Å². The monoisotopic (exact) mass is 508 g/mol. The largest absolute Gasteiger partial charge is 0.459 e. The molecule has 0 saturated carbocycles. The fourth-order valence-corrected chi connectivity index (χ4v) is 4.00. The van der Waals surface area contributed by atoms with Crippen LogP contribution in [0.15, 0.2) is 30.3 Å². The number of carbonyl (C=O) groups is 2. The molecule has 0 spiro atoms. The molecule has 1 aromatic carbocycles. The Morgan fingerprint density at radius 2 is 1.53 bits per heavy atom. The van der Waals surface area contributed by atoms with Crippen LogP contribution in [0.1, 0.15) is 38.2 Å². The number of carbonyl (C=O) groups excluding carboxylic acids is 2. The van der Waals surface area contributed by atoms with Gasteiger partial charge in [-0.1, -0.05) is 30.3 Å². The molecule has 0 aromatic heterocycles. The van der Waals surface area contributed by atoms with E-state index < -0.39 is 17.4 Å². The normalized spacial score (nSPS) is 17.9. The van der Waals surface area contributed by atoms with E-state index in [9.17, 15) is 9.59 Å². The van der Waals surface area contributed by atoms with Crippen LogP contribution in [0.5, 0.6) is 0 Å². The molecule has 1 saturated heterocycles. The molecule has 0 bridgehead atoms. The lowest BCUT2D eigenvalue weighted by Gasteiger charge is -2.34. The maximum absolute atomic E-state index is 13.9. The summed E-state index contributed by atoms with van der Waals surface area (Å²) in [4.78, 5) is 28.6. The number of likely N-dealkylation sites (tertiary alicyclic amines) is 1. The third-order valence-corrected chi connectivity index (χ3v) is 6.06. The van der Waals surface area contributed by atoms with Crippen LogP contribution in [0.4, 0.5) is 0 Å². The summed E-state index contributed by atoms with van der Waals surface area (Å²) in [5, 5.41) is 0. The maximum Gasteiger partial charge on any atom is 0.329 e. The first-order valence-electron chi connectivity index (χ1n) is 12.8. The highest BCUT2D eigenvalue weighted by molar-refractivity contribution is 5.89. The summed E-state index contributed by atoms with van der Waals surface area (Å²) in [5.74, 6) is -0.679. The zero-order chi connectivity index (χ0) is 26.2. The van der Waals surface area contributed by atoms with Crippen molar-refractivity contribution < 1.29 is 28.5 Å². The van der Waals surface area contributed by atoms with Gasteiger partial charge in [0.25, 0.3) is 0 Å². The van der Waals surface area contributed by atoms with Crippen molar-refractivity contribution in [3.63, 3.8) is 0 Å². The molecular weight excluding hydrogens is 464 g/mol.